The molecular weight excluding hydrogens is 299 g/mol. The Bertz CT molecular complexity index is 546. The van der Waals surface area contributed by atoms with Gasteiger partial charge in [-0.3, -0.25) is 4.79 Å². The van der Waals surface area contributed by atoms with Crippen molar-refractivity contribution in [3.8, 4) is 0 Å². The molecule has 8 heteroatoms. The van der Waals surface area contributed by atoms with Crippen LogP contribution in [0.5, 0.6) is 0 Å². The third-order valence-corrected chi connectivity index (χ3v) is 3.47. The summed E-state index contributed by atoms with van der Waals surface area (Å²) in [7, 11) is -3.50. The van der Waals surface area contributed by atoms with Crippen LogP contribution in [0, 0.1) is 0 Å². The smallest absolute Gasteiger partial charge is 0.252 e. The molecule has 1 amide bonds. The first kappa shape index (κ1) is 15.2. The van der Waals surface area contributed by atoms with Gasteiger partial charge in [-0.2, -0.15) is 0 Å². The predicted octanol–water partition coefficient (Wildman–Crippen LogP) is 1.40. The molecule has 0 aliphatic heterocycles. The number of nitrogens with two attached hydrogens (primary N) is 1. The number of carbonyl (C=O) groups excluding carboxylic acids is 1. The maximum absolute atomic E-state index is 11.7. The minimum Gasteiger partial charge on any atom is -0.352 e. The number of hydrogen-bond acceptors (Lipinski definition) is 3. The fourth-order valence-corrected chi connectivity index (χ4v) is 2.29. The van der Waals surface area contributed by atoms with Gasteiger partial charge in [-0.1, -0.05) is 23.2 Å². The van der Waals surface area contributed by atoms with E-state index in [0.717, 1.165) is 0 Å². The van der Waals surface area contributed by atoms with Crippen LogP contribution in [0.2, 0.25) is 10.0 Å². The van der Waals surface area contributed by atoms with E-state index in [1.807, 2.05) is 0 Å². The van der Waals surface area contributed by atoms with Gasteiger partial charge in [-0.25, -0.2) is 13.6 Å². The molecule has 100 valence electrons. The number of benzene rings is 1. The van der Waals surface area contributed by atoms with E-state index in [1.165, 1.54) is 12.1 Å². The summed E-state index contributed by atoms with van der Waals surface area (Å²) in [6.07, 6.45) is 0.246. The van der Waals surface area contributed by atoms with E-state index >= 15 is 0 Å². The van der Waals surface area contributed by atoms with E-state index in [-0.39, 0.29) is 35.2 Å². The maximum atomic E-state index is 11.7. The zero-order chi connectivity index (χ0) is 13.8. The molecule has 5 nitrogen and oxygen atoms in total. The maximum Gasteiger partial charge on any atom is 0.252 e. The standard InChI is InChI=1S/C10H12Cl2N2O3S/c11-7-2-3-8(9(12)6-7)10(15)14-4-1-5-18(13,16)17/h2-3,6H,1,4-5H2,(H,14,15)(H2,13,16,17). The Balaban J connectivity index is 2.51. The molecule has 0 aliphatic carbocycles. The molecule has 1 aromatic rings. The Hall–Kier alpha value is -0.820. The normalized spacial score (nSPS) is 11.3. The van der Waals surface area contributed by atoms with Crippen molar-refractivity contribution in [2.24, 2.45) is 5.14 Å². The molecule has 0 unspecified atom stereocenters. The van der Waals surface area contributed by atoms with Crippen LogP contribution in [0.4, 0.5) is 0 Å². The highest BCUT2D eigenvalue weighted by Crippen LogP contribution is 2.20. The third-order valence-electron chi connectivity index (χ3n) is 2.07. The van der Waals surface area contributed by atoms with E-state index in [1.54, 1.807) is 6.07 Å². The van der Waals surface area contributed by atoms with Crippen molar-refractivity contribution >= 4 is 39.1 Å². The van der Waals surface area contributed by atoms with Gasteiger partial charge in [0.05, 0.1) is 16.3 Å². The monoisotopic (exact) mass is 310 g/mol. The van der Waals surface area contributed by atoms with Gasteiger partial charge in [0.15, 0.2) is 0 Å². The van der Waals surface area contributed by atoms with Gasteiger partial charge < -0.3 is 5.32 Å². The topological polar surface area (TPSA) is 89.3 Å². The third kappa shape index (κ3) is 5.22. The minimum atomic E-state index is -3.50. The van der Waals surface area contributed by atoms with E-state index in [4.69, 9.17) is 28.3 Å². The highest BCUT2D eigenvalue weighted by atomic mass is 35.5. The summed E-state index contributed by atoms with van der Waals surface area (Å²) < 4.78 is 21.3. The molecule has 0 saturated heterocycles. The Kier molecular flexibility index (Phi) is 5.40. The van der Waals surface area contributed by atoms with Gasteiger partial charge in [-0.05, 0) is 24.6 Å². The second kappa shape index (κ2) is 6.38. The number of carbonyl (C=O) groups is 1. The van der Waals surface area contributed by atoms with Crippen LogP contribution >= 0.6 is 23.2 Å². The molecule has 18 heavy (non-hydrogen) atoms. The molecular formula is C10H12Cl2N2O3S. The van der Waals surface area contributed by atoms with Crippen molar-refractivity contribution < 1.29 is 13.2 Å². The SMILES string of the molecule is NS(=O)(=O)CCCNC(=O)c1ccc(Cl)cc1Cl. The van der Waals surface area contributed by atoms with Gasteiger partial charge in [0.1, 0.15) is 0 Å². The van der Waals surface area contributed by atoms with Gasteiger partial charge in [0, 0.05) is 11.6 Å². The Morgan fingerprint density at radius 1 is 1.33 bits per heavy atom. The van der Waals surface area contributed by atoms with Gasteiger partial charge in [0.2, 0.25) is 10.0 Å². The van der Waals surface area contributed by atoms with Gasteiger partial charge in [-0.15, -0.1) is 0 Å². The summed E-state index contributed by atoms with van der Waals surface area (Å²) in [4.78, 5) is 11.7. The lowest BCUT2D eigenvalue weighted by atomic mass is 10.2. The molecule has 1 aromatic carbocycles. The van der Waals surface area contributed by atoms with Crippen LogP contribution in [-0.2, 0) is 10.0 Å². The zero-order valence-corrected chi connectivity index (χ0v) is 11.6. The van der Waals surface area contributed by atoms with Crippen LogP contribution in [0.1, 0.15) is 16.8 Å². The molecule has 0 aliphatic rings. The van der Waals surface area contributed by atoms with Crippen molar-refractivity contribution in [1.82, 2.24) is 5.32 Å². The molecule has 0 spiro atoms. The first-order valence-electron chi connectivity index (χ1n) is 5.03. The summed E-state index contributed by atoms with van der Waals surface area (Å²) in [5.74, 6) is -0.562. The van der Waals surface area contributed by atoms with Gasteiger partial charge in [0.25, 0.3) is 5.91 Å². The largest absolute Gasteiger partial charge is 0.352 e. The Morgan fingerprint density at radius 3 is 2.56 bits per heavy atom. The summed E-state index contributed by atoms with van der Waals surface area (Å²) in [6.45, 7) is 0.203. The minimum absolute atomic E-state index is 0.179. The highest BCUT2D eigenvalue weighted by Gasteiger charge is 2.10. The fraction of sp³-hybridized carbons (Fsp3) is 0.300. The average Bonchev–Trinajstić information content (AvgIpc) is 2.22. The lowest BCUT2D eigenvalue weighted by Crippen LogP contribution is -2.27. The molecule has 0 fully saturated rings. The molecule has 0 atom stereocenters. The zero-order valence-electron chi connectivity index (χ0n) is 9.32. The molecule has 0 bridgehead atoms. The quantitative estimate of drug-likeness (QED) is 0.806. The van der Waals surface area contributed by atoms with E-state index < -0.39 is 10.0 Å². The highest BCUT2D eigenvalue weighted by molar-refractivity contribution is 7.89. The lowest BCUT2D eigenvalue weighted by molar-refractivity contribution is 0.0954. The molecule has 0 heterocycles. The van der Waals surface area contributed by atoms with Crippen molar-refractivity contribution in [2.45, 2.75) is 6.42 Å². The van der Waals surface area contributed by atoms with Crippen LogP contribution in [-0.4, -0.2) is 26.6 Å². The number of hydrogen-bond donors (Lipinski definition) is 2. The van der Waals surface area contributed by atoms with Crippen LogP contribution in [0.15, 0.2) is 18.2 Å². The Labute approximate surface area is 115 Å². The van der Waals surface area contributed by atoms with Crippen molar-refractivity contribution in [3.05, 3.63) is 33.8 Å². The molecule has 0 saturated carbocycles. The lowest BCUT2D eigenvalue weighted by Gasteiger charge is -2.06. The molecule has 3 N–H and O–H groups in total. The molecule has 1 rings (SSSR count). The first-order valence-corrected chi connectivity index (χ1v) is 7.50. The second-order valence-electron chi connectivity index (χ2n) is 3.60. The number of primary sulfonamides is 1. The van der Waals surface area contributed by atoms with E-state index in [9.17, 15) is 13.2 Å². The second-order valence-corrected chi connectivity index (χ2v) is 6.18. The number of halogens is 2. The summed E-state index contributed by atoms with van der Waals surface area (Å²) in [6, 6.07) is 4.51. The van der Waals surface area contributed by atoms with E-state index in [2.05, 4.69) is 5.32 Å². The number of amides is 1. The van der Waals surface area contributed by atoms with Crippen molar-refractivity contribution in [1.29, 1.82) is 0 Å². The predicted molar refractivity (Wildman–Crippen MR) is 71.4 cm³/mol. The summed E-state index contributed by atoms with van der Waals surface area (Å²) >= 11 is 11.6. The van der Waals surface area contributed by atoms with Crippen LogP contribution < -0.4 is 10.5 Å². The Morgan fingerprint density at radius 2 is 2.00 bits per heavy atom. The summed E-state index contributed by atoms with van der Waals surface area (Å²) in [5, 5.41) is 8.05. The van der Waals surface area contributed by atoms with Crippen LogP contribution in [0.3, 0.4) is 0 Å². The first-order chi connectivity index (χ1) is 8.29. The number of sulfonamides is 1. The van der Waals surface area contributed by atoms with Crippen molar-refractivity contribution in [3.63, 3.8) is 0 Å². The molecule has 0 aromatic heterocycles. The number of nitrogens with one attached hydrogen (secondary N) is 1. The van der Waals surface area contributed by atoms with E-state index in [0.29, 0.717) is 5.02 Å². The van der Waals surface area contributed by atoms with Crippen LogP contribution in [0.25, 0.3) is 0 Å². The van der Waals surface area contributed by atoms with Crippen molar-refractivity contribution in [2.75, 3.05) is 12.3 Å². The summed E-state index contributed by atoms with van der Waals surface area (Å²) in [5.41, 5.74) is 0.289. The fourth-order valence-electron chi connectivity index (χ4n) is 1.24. The number of rotatable bonds is 5. The molecule has 0 radical (unpaired) electrons. The van der Waals surface area contributed by atoms with Gasteiger partial charge >= 0.3 is 0 Å². The average molecular weight is 311 g/mol.